The van der Waals surface area contributed by atoms with Gasteiger partial charge in [-0.05, 0) is 24.7 Å². The lowest BCUT2D eigenvalue weighted by atomic mass is 9.84. The fourth-order valence-electron chi connectivity index (χ4n) is 1.88. The molecule has 0 spiro atoms. The van der Waals surface area contributed by atoms with Gasteiger partial charge >= 0.3 is 0 Å². The van der Waals surface area contributed by atoms with Gasteiger partial charge in [-0.2, -0.15) is 0 Å². The van der Waals surface area contributed by atoms with Crippen molar-refractivity contribution in [3.05, 3.63) is 30.2 Å². The van der Waals surface area contributed by atoms with Gasteiger partial charge in [-0.15, -0.1) is 0 Å². The molecular weight excluding hydrogens is 214 g/mol. The molecule has 1 aromatic carbocycles. The van der Waals surface area contributed by atoms with Crippen molar-refractivity contribution in [1.82, 2.24) is 15.6 Å². The lowest BCUT2D eigenvalue weighted by Crippen LogP contribution is -2.37. The van der Waals surface area contributed by atoms with Crippen molar-refractivity contribution in [2.75, 3.05) is 20.3 Å². The second kappa shape index (κ2) is 4.85. The molecule has 0 unspecified atom stereocenters. The quantitative estimate of drug-likeness (QED) is 0.611. The maximum Gasteiger partial charge on any atom is 0.181 e. The first-order valence-corrected chi connectivity index (χ1v) is 5.82. The molecule has 0 radical (unpaired) electrons. The smallest absolute Gasteiger partial charge is 0.181 e. The maximum absolute atomic E-state index is 5.34. The van der Waals surface area contributed by atoms with E-state index in [1.54, 1.807) is 0 Å². The molecule has 2 N–H and O–H groups in total. The minimum atomic E-state index is 0.0673. The highest BCUT2D eigenvalue weighted by Crippen LogP contribution is 2.25. The molecule has 17 heavy (non-hydrogen) atoms. The van der Waals surface area contributed by atoms with Crippen molar-refractivity contribution in [2.24, 2.45) is 0 Å². The lowest BCUT2D eigenvalue weighted by Gasteiger charge is -2.25. The standard InChI is InChI=1S/C13H19N3O/c1-13(2,7-15-8-14-3)10-4-5-11-12(6-10)17-9-16-11/h4-6,9,14-15H,7-8H2,1-3H3. The third-order valence-corrected chi connectivity index (χ3v) is 2.98. The summed E-state index contributed by atoms with van der Waals surface area (Å²) in [5.41, 5.74) is 3.08. The third-order valence-electron chi connectivity index (χ3n) is 2.98. The van der Waals surface area contributed by atoms with Crippen LogP contribution in [0.2, 0.25) is 0 Å². The Hall–Kier alpha value is -1.39. The van der Waals surface area contributed by atoms with Crippen LogP contribution in [0.3, 0.4) is 0 Å². The van der Waals surface area contributed by atoms with Gasteiger partial charge < -0.3 is 15.1 Å². The van der Waals surface area contributed by atoms with E-state index in [2.05, 4.69) is 41.6 Å². The second-order valence-electron chi connectivity index (χ2n) is 4.88. The summed E-state index contributed by atoms with van der Waals surface area (Å²) in [6.07, 6.45) is 1.49. The van der Waals surface area contributed by atoms with Crippen LogP contribution in [0.15, 0.2) is 29.0 Å². The Bertz CT molecular complexity index is 490. The Balaban J connectivity index is 2.18. The molecule has 4 nitrogen and oxygen atoms in total. The molecule has 0 aliphatic heterocycles. The molecule has 0 saturated heterocycles. The molecule has 0 saturated carbocycles. The van der Waals surface area contributed by atoms with Crippen LogP contribution in [-0.2, 0) is 5.41 Å². The summed E-state index contributed by atoms with van der Waals surface area (Å²) in [6, 6.07) is 6.20. The first-order chi connectivity index (χ1) is 8.13. The molecule has 1 aromatic heterocycles. The molecule has 1 heterocycles. The van der Waals surface area contributed by atoms with Crippen molar-refractivity contribution >= 4 is 11.1 Å². The average Bonchev–Trinajstić information content (AvgIpc) is 2.76. The highest BCUT2D eigenvalue weighted by molar-refractivity contribution is 5.73. The van der Waals surface area contributed by atoms with Crippen LogP contribution in [-0.4, -0.2) is 25.2 Å². The van der Waals surface area contributed by atoms with Gasteiger partial charge in [-0.25, -0.2) is 4.98 Å². The topological polar surface area (TPSA) is 50.1 Å². The van der Waals surface area contributed by atoms with Gasteiger partial charge in [0.25, 0.3) is 0 Å². The number of rotatable bonds is 5. The van der Waals surface area contributed by atoms with Crippen LogP contribution in [0.25, 0.3) is 11.1 Å². The Labute approximate surface area is 101 Å². The monoisotopic (exact) mass is 233 g/mol. The average molecular weight is 233 g/mol. The van der Waals surface area contributed by atoms with Crippen LogP contribution in [0.5, 0.6) is 0 Å². The summed E-state index contributed by atoms with van der Waals surface area (Å²) < 4.78 is 5.34. The number of nitrogens with one attached hydrogen (secondary N) is 2. The molecule has 0 fully saturated rings. The molecule has 0 bridgehead atoms. The number of aromatic nitrogens is 1. The Morgan fingerprint density at radius 1 is 1.35 bits per heavy atom. The van der Waals surface area contributed by atoms with Crippen LogP contribution in [0.1, 0.15) is 19.4 Å². The van der Waals surface area contributed by atoms with Gasteiger partial charge in [-0.3, -0.25) is 0 Å². The normalized spacial score (nSPS) is 12.2. The van der Waals surface area contributed by atoms with Crippen LogP contribution >= 0.6 is 0 Å². The summed E-state index contributed by atoms with van der Waals surface area (Å²) in [5, 5.41) is 6.44. The van der Waals surface area contributed by atoms with E-state index in [4.69, 9.17) is 4.42 Å². The Morgan fingerprint density at radius 2 is 2.18 bits per heavy atom. The molecule has 0 aliphatic rings. The van der Waals surface area contributed by atoms with Crippen LogP contribution in [0.4, 0.5) is 0 Å². The number of fused-ring (bicyclic) bond motifs is 1. The molecule has 4 heteroatoms. The molecule has 0 aliphatic carbocycles. The molecule has 2 aromatic rings. The van der Waals surface area contributed by atoms with E-state index in [0.29, 0.717) is 0 Å². The largest absolute Gasteiger partial charge is 0.443 e. The van der Waals surface area contributed by atoms with Crippen molar-refractivity contribution < 1.29 is 4.42 Å². The van der Waals surface area contributed by atoms with Gasteiger partial charge in [0.05, 0.1) is 0 Å². The first kappa shape index (κ1) is 12.1. The van der Waals surface area contributed by atoms with Gasteiger partial charge in [-0.1, -0.05) is 19.9 Å². The van der Waals surface area contributed by atoms with E-state index >= 15 is 0 Å². The molecule has 0 amide bonds. The van der Waals surface area contributed by atoms with Crippen molar-refractivity contribution in [3.63, 3.8) is 0 Å². The predicted octanol–water partition coefficient (Wildman–Crippen LogP) is 1.87. The zero-order valence-electron chi connectivity index (χ0n) is 10.6. The van der Waals surface area contributed by atoms with Crippen LogP contribution in [0, 0.1) is 0 Å². The molecule has 2 rings (SSSR count). The fraction of sp³-hybridized carbons (Fsp3) is 0.462. The fourth-order valence-corrected chi connectivity index (χ4v) is 1.88. The summed E-state index contributed by atoms with van der Waals surface area (Å²) in [6.45, 7) is 6.15. The minimum absolute atomic E-state index is 0.0673. The van der Waals surface area contributed by atoms with E-state index in [0.717, 1.165) is 24.3 Å². The van der Waals surface area contributed by atoms with Gasteiger partial charge in [0.15, 0.2) is 12.0 Å². The number of hydrogen-bond donors (Lipinski definition) is 2. The van der Waals surface area contributed by atoms with Crippen molar-refractivity contribution in [3.8, 4) is 0 Å². The van der Waals surface area contributed by atoms with Crippen molar-refractivity contribution in [2.45, 2.75) is 19.3 Å². The molecule has 0 atom stereocenters. The number of nitrogens with zero attached hydrogens (tertiary/aromatic N) is 1. The number of oxazole rings is 1. The second-order valence-corrected chi connectivity index (χ2v) is 4.88. The Kier molecular flexibility index (Phi) is 3.45. The summed E-state index contributed by atoms with van der Waals surface area (Å²) in [4.78, 5) is 4.13. The summed E-state index contributed by atoms with van der Waals surface area (Å²) in [7, 11) is 1.93. The number of benzene rings is 1. The Morgan fingerprint density at radius 3 is 2.94 bits per heavy atom. The van der Waals surface area contributed by atoms with Crippen molar-refractivity contribution in [1.29, 1.82) is 0 Å². The molecule has 92 valence electrons. The van der Waals surface area contributed by atoms with E-state index in [1.165, 1.54) is 12.0 Å². The first-order valence-electron chi connectivity index (χ1n) is 5.82. The van der Waals surface area contributed by atoms with E-state index in [1.807, 2.05) is 13.1 Å². The van der Waals surface area contributed by atoms with Gasteiger partial charge in [0.2, 0.25) is 0 Å². The van der Waals surface area contributed by atoms with E-state index < -0.39 is 0 Å². The highest BCUT2D eigenvalue weighted by Gasteiger charge is 2.20. The van der Waals surface area contributed by atoms with Gasteiger partial charge in [0, 0.05) is 18.6 Å². The lowest BCUT2D eigenvalue weighted by molar-refractivity contribution is 0.460. The highest BCUT2D eigenvalue weighted by atomic mass is 16.3. The third kappa shape index (κ3) is 2.65. The summed E-state index contributed by atoms with van der Waals surface area (Å²) in [5.74, 6) is 0. The predicted molar refractivity (Wildman–Crippen MR) is 69.0 cm³/mol. The number of hydrogen-bond acceptors (Lipinski definition) is 4. The van der Waals surface area contributed by atoms with E-state index in [9.17, 15) is 0 Å². The SMILES string of the molecule is CNCNCC(C)(C)c1ccc2ncoc2c1. The minimum Gasteiger partial charge on any atom is -0.443 e. The zero-order valence-corrected chi connectivity index (χ0v) is 10.6. The van der Waals surface area contributed by atoms with Crippen LogP contribution < -0.4 is 10.6 Å². The van der Waals surface area contributed by atoms with Gasteiger partial charge in [0.1, 0.15) is 5.52 Å². The zero-order chi connectivity index (χ0) is 12.3. The maximum atomic E-state index is 5.34. The van der Waals surface area contributed by atoms with E-state index in [-0.39, 0.29) is 5.41 Å². The summed E-state index contributed by atoms with van der Waals surface area (Å²) >= 11 is 0. The molecular formula is C13H19N3O.